The Balaban J connectivity index is 0. The van der Waals surface area contributed by atoms with Crippen LogP contribution in [0.3, 0.4) is 0 Å². The highest BCUT2D eigenvalue weighted by atomic mass is 16.4. The van der Waals surface area contributed by atoms with E-state index in [-0.39, 0.29) is 24.4 Å². The minimum absolute atomic E-state index is 0.176. The largest absolute Gasteiger partial charge is 0.478 e. The molecule has 0 aromatic carbocycles. The summed E-state index contributed by atoms with van der Waals surface area (Å²) in [6, 6.07) is 0. The van der Waals surface area contributed by atoms with Crippen LogP contribution in [-0.2, 0) is 9.59 Å². The lowest BCUT2D eigenvalue weighted by Crippen LogP contribution is -1.92. The minimum Gasteiger partial charge on any atom is -0.478 e. The molecule has 0 spiro atoms. The Kier molecular flexibility index (Phi) is 10.6. The fourth-order valence-electron chi connectivity index (χ4n) is 0.758. The average molecular weight is 274 g/mol. The summed E-state index contributed by atoms with van der Waals surface area (Å²) in [5.74, 6) is -1.03. The van der Waals surface area contributed by atoms with Gasteiger partial charge in [0.15, 0.2) is 0 Å². The number of rotatable bonds is 4. The number of hydrogen-bond donors (Lipinski definition) is 4. The third kappa shape index (κ3) is 12.6. The first kappa shape index (κ1) is 19.7. The molecular weight excluding hydrogens is 252 g/mol. The SMILES string of the molecule is C=C(C)C(=O)O.C=C(C)C(=O)O.OCC1CC1CO. The van der Waals surface area contributed by atoms with E-state index < -0.39 is 11.9 Å². The molecular formula is C13H22O6. The first-order valence-electron chi connectivity index (χ1n) is 5.66. The van der Waals surface area contributed by atoms with Crippen molar-refractivity contribution in [2.24, 2.45) is 11.8 Å². The average Bonchev–Trinajstić information content (AvgIpc) is 3.08. The first-order chi connectivity index (χ1) is 8.67. The molecule has 19 heavy (non-hydrogen) atoms. The van der Waals surface area contributed by atoms with Gasteiger partial charge in [0.2, 0.25) is 0 Å². The monoisotopic (exact) mass is 274 g/mol. The summed E-state index contributed by atoms with van der Waals surface area (Å²) in [6.45, 7) is 9.71. The topological polar surface area (TPSA) is 115 Å². The molecule has 1 aliphatic carbocycles. The second kappa shape index (κ2) is 10.3. The van der Waals surface area contributed by atoms with Crippen LogP contribution < -0.4 is 0 Å². The molecule has 2 unspecified atom stereocenters. The number of carbonyl (C=O) groups is 2. The summed E-state index contributed by atoms with van der Waals surface area (Å²) in [4.78, 5) is 19.2. The van der Waals surface area contributed by atoms with Crippen LogP contribution >= 0.6 is 0 Å². The molecule has 0 heterocycles. The Hall–Kier alpha value is -1.66. The van der Waals surface area contributed by atoms with Crippen LogP contribution in [0.25, 0.3) is 0 Å². The summed E-state index contributed by atoms with van der Waals surface area (Å²) < 4.78 is 0. The van der Waals surface area contributed by atoms with E-state index in [0.29, 0.717) is 11.8 Å². The Bertz CT molecular complexity index is 278. The highest BCUT2D eigenvalue weighted by Gasteiger charge is 2.35. The number of aliphatic carboxylic acids is 2. The Morgan fingerprint density at radius 1 is 0.947 bits per heavy atom. The number of carboxylic acids is 2. The number of aliphatic hydroxyl groups is 2. The van der Waals surface area contributed by atoms with Gasteiger partial charge in [0, 0.05) is 24.4 Å². The third-order valence-corrected chi connectivity index (χ3v) is 2.27. The molecule has 0 bridgehead atoms. The van der Waals surface area contributed by atoms with E-state index in [1.54, 1.807) is 0 Å². The molecule has 0 saturated heterocycles. The van der Waals surface area contributed by atoms with Crippen LogP contribution in [0.2, 0.25) is 0 Å². The van der Waals surface area contributed by atoms with Crippen LogP contribution in [0, 0.1) is 11.8 Å². The highest BCUT2D eigenvalue weighted by molar-refractivity contribution is 5.85. The van der Waals surface area contributed by atoms with E-state index >= 15 is 0 Å². The van der Waals surface area contributed by atoms with Crippen LogP contribution in [0.1, 0.15) is 20.3 Å². The Labute approximate surface area is 112 Å². The van der Waals surface area contributed by atoms with E-state index in [2.05, 4.69) is 13.2 Å². The van der Waals surface area contributed by atoms with Crippen LogP contribution in [0.15, 0.2) is 24.3 Å². The molecule has 0 radical (unpaired) electrons. The van der Waals surface area contributed by atoms with Gasteiger partial charge in [-0.3, -0.25) is 0 Å². The van der Waals surface area contributed by atoms with Gasteiger partial charge in [-0.05, 0) is 32.1 Å². The molecule has 6 heteroatoms. The minimum atomic E-state index is -0.935. The third-order valence-electron chi connectivity index (χ3n) is 2.27. The predicted molar refractivity (Wildman–Crippen MR) is 70.7 cm³/mol. The normalized spacial score (nSPS) is 18.9. The molecule has 1 aliphatic rings. The maximum absolute atomic E-state index is 9.60. The van der Waals surface area contributed by atoms with Gasteiger partial charge in [-0.2, -0.15) is 0 Å². The van der Waals surface area contributed by atoms with Gasteiger partial charge < -0.3 is 20.4 Å². The molecule has 1 fully saturated rings. The zero-order chi connectivity index (χ0) is 15.6. The molecule has 6 nitrogen and oxygen atoms in total. The van der Waals surface area contributed by atoms with Crippen molar-refractivity contribution in [2.75, 3.05) is 13.2 Å². The molecule has 1 saturated carbocycles. The first-order valence-corrected chi connectivity index (χ1v) is 5.66. The molecule has 110 valence electrons. The lowest BCUT2D eigenvalue weighted by Gasteiger charge is -1.84. The Morgan fingerprint density at radius 2 is 1.16 bits per heavy atom. The molecule has 0 aromatic heterocycles. The number of hydrogen-bond acceptors (Lipinski definition) is 4. The van der Waals surface area contributed by atoms with E-state index in [9.17, 15) is 9.59 Å². The smallest absolute Gasteiger partial charge is 0.330 e. The van der Waals surface area contributed by atoms with Crippen molar-refractivity contribution < 1.29 is 30.0 Å². The van der Waals surface area contributed by atoms with Gasteiger partial charge in [0.25, 0.3) is 0 Å². The van der Waals surface area contributed by atoms with Gasteiger partial charge in [-0.15, -0.1) is 0 Å². The van der Waals surface area contributed by atoms with Crippen molar-refractivity contribution in [2.45, 2.75) is 20.3 Å². The summed E-state index contributed by atoms with van der Waals surface area (Å²) in [6.07, 6.45) is 1.02. The second-order valence-electron chi connectivity index (χ2n) is 4.29. The maximum Gasteiger partial charge on any atom is 0.330 e. The lowest BCUT2D eigenvalue weighted by atomic mass is 10.3. The summed E-state index contributed by atoms with van der Waals surface area (Å²) in [7, 11) is 0. The molecule has 0 aliphatic heterocycles. The van der Waals surface area contributed by atoms with Crippen molar-refractivity contribution >= 4 is 11.9 Å². The zero-order valence-electron chi connectivity index (χ0n) is 11.3. The highest BCUT2D eigenvalue weighted by Crippen LogP contribution is 2.36. The van der Waals surface area contributed by atoms with Gasteiger partial charge in [0.05, 0.1) is 0 Å². The fraction of sp³-hybridized carbons (Fsp3) is 0.538. The van der Waals surface area contributed by atoms with Gasteiger partial charge >= 0.3 is 11.9 Å². The van der Waals surface area contributed by atoms with Gasteiger partial charge in [0.1, 0.15) is 0 Å². The van der Waals surface area contributed by atoms with Crippen LogP contribution in [0.5, 0.6) is 0 Å². The summed E-state index contributed by atoms with van der Waals surface area (Å²) in [5, 5.41) is 32.6. The van der Waals surface area contributed by atoms with E-state index in [1.807, 2.05) is 0 Å². The van der Waals surface area contributed by atoms with Crippen molar-refractivity contribution in [3.05, 3.63) is 24.3 Å². The van der Waals surface area contributed by atoms with Crippen molar-refractivity contribution in [1.29, 1.82) is 0 Å². The van der Waals surface area contributed by atoms with E-state index in [1.165, 1.54) is 13.8 Å². The maximum atomic E-state index is 9.60. The lowest BCUT2D eigenvalue weighted by molar-refractivity contribution is -0.133. The quantitative estimate of drug-likeness (QED) is 0.566. The molecule has 2 atom stereocenters. The van der Waals surface area contributed by atoms with Gasteiger partial charge in [-0.1, -0.05) is 13.2 Å². The number of carboxylic acid groups (broad SMARTS) is 2. The van der Waals surface area contributed by atoms with Crippen molar-refractivity contribution in [3.63, 3.8) is 0 Å². The molecule has 1 rings (SSSR count). The van der Waals surface area contributed by atoms with E-state index in [0.717, 1.165) is 6.42 Å². The molecule has 0 aromatic rings. The van der Waals surface area contributed by atoms with Crippen LogP contribution in [-0.4, -0.2) is 45.6 Å². The van der Waals surface area contributed by atoms with Crippen molar-refractivity contribution in [3.8, 4) is 0 Å². The number of aliphatic hydroxyl groups excluding tert-OH is 2. The molecule has 4 N–H and O–H groups in total. The van der Waals surface area contributed by atoms with Gasteiger partial charge in [-0.25, -0.2) is 9.59 Å². The fourth-order valence-corrected chi connectivity index (χ4v) is 0.758. The van der Waals surface area contributed by atoms with Crippen molar-refractivity contribution in [1.82, 2.24) is 0 Å². The Morgan fingerprint density at radius 3 is 1.21 bits per heavy atom. The summed E-state index contributed by atoms with van der Waals surface area (Å²) in [5.41, 5.74) is 0.352. The molecule has 0 amide bonds. The van der Waals surface area contributed by atoms with Crippen LogP contribution in [0.4, 0.5) is 0 Å². The predicted octanol–water partition coefficient (Wildman–Crippen LogP) is 0.901. The summed E-state index contributed by atoms with van der Waals surface area (Å²) >= 11 is 0. The second-order valence-corrected chi connectivity index (χ2v) is 4.29. The standard InChI is InChI=1S/C5H10O2.2C4H6O2/c6-2-4-1-5(4)3-7;2*1-3(2)4(5)6/h4-7H,1-3H2;2*1H2,2H3,(H,5,6). The van der Waals surface area contributed by atoms with E-state index in [4.69, 9.17) is 20.4 Å². The zero-order valence-corrected chi connectivity index (χ0v) is 11.3.